The zero-order valence-corrected chi connectivity index (χ0v) is 10.6. The molecule has 0 spiro atoms. The largest absolute Gasteiger partial charge is 0.477 e. The molecular weight excluding hydrogens is 226 g/mol. The van der Waals surface area contributed by atoms with E-state index in [9.17, 15) is 0 Å². The number of hydrogen-bond acceptors (Lipinski definition) is 4. The molecule has 0 fully saturated rings. The maximum atomic E-state index is 5.63. The van der Waals surface area contributed by atoms with Crippen LogP contribution in [0.15, 0.2) is 0 Å². The van der Waals surface area contributed by atoms with Crippen molar-refractivity contribution in [1.82, 2.24) is 9.78 Å². The van der Waals surface area contributed by atoms with Gasteiger partial charge in [0.15, 0.2) is 0 Å². The molecular formula is C10H17N3O2S. The number of ether oxygens (including phenoxy) is 2. The fourth-order valence-corrected chi connectivity index (χ4v) is 1.69. The quantitative estimate of drug-likeness (QED) is 0.591. The molecule has 0 amide bonds. The summed E-state index contributed by atoms with van der Waals surface area (Å²) in [5.41, 5.74) is 7.14. The van der Waals surface area contributed by atoms with Crippen LogP contribution < -0.4 is 10.5 Å². The van der Waals surface area contributed by atoms with Crippen molar-refractivity contribution in [1.29, 1.82) is 0 Å². The molecule has 1 rings (SSSR count). The highest BCUT2D eigenvalue weighted by molar-refractivity contribution is 7.80. The first-order chi connectivity index (χ1) is 7.57. The average molecular weight is 243 g/mol. The molecule has 1 heterocycles. The van der Waals surface area contributed by atoms with E-state index in [4.69, 9.17) is 27.4 Å². The molecule has 2 N–H and O–H groups in total. The predicted octanol–water partition coefficient (Wildman–Crippen LogP) is 0.778. The minimum atomic E-state index is 0.312. The van der Waals surface area contributed by atoms with Gasteiger partial charge in [-0.2, -0.15) is 5.10 Å². The van der Waals surface area contributed by atoms with Gasteiger partial charge in [-0.15, -0.1) is 0 Å². The number of nitrogens with two attached hydrogens (primary N) is 1. The van der Waals surface area contributed by atoms with E-state index in [1.807, 2.05) is 6.92 Å². The molecule has 16 heavy (non-hydrogen) atoms. The number of aryl methyl sites for hydroxylation is 2. The number of rotatable bonds is 6. The highest BCUT2D eigenvalue weighted by Gasteiger charge is 2.16. The van der Waals surface area contributed by atoms with E-state index in [-0.39, 0.29) is 0 Å². The molecule has 0 atom stereocenters. The standard InChI is InChI=1S/C10H17N3O2S/c1-7-8(9(11)16)10(13(2)12-7)15-6-4-5-14-3/h4-6H2,1-3H3,(H2,11,16). The fraction of sp³-hybridized carbons (Fsp3) is 0.600. The SMILES string of the molecule is COCCCOc1c(C(N)=S)c(C)nn1C. The van der Waals surface area contributed by atoms with Crippen molar-refractivity contribution in [3.05, 3.63) is 11.3 Å². The maximum absolute atomic E-state index is 5.63. The summed E-state index contributed by atoms with van der Waals surface area (Å²) in [6.45, 7) is 3.08. The summed E-state index contributed by atoms with van der Waals surface area (Å²) in [5, 5.41) is 4.22. The summed E-state index contributed by atoms with van der Waals surface area (Å²) in [6.07, 6.45) is 0.817. The first kappa shape index (κ1) is 12.9. The van der Waals surface area contributed by atoms with Gasteiger partial charge >= 0.3 is 0 Å². The Labute approximate surface area is 101 Å². The molecule has 0 aliphatic carbocycles. The first-order valence-corrected chi connectivity index (χ1v) is 5.44. The van der Waals surface area contributed by atoms with Gasteiger partial charge in [0.25, 0.3) is 0 Å². The second kappa shape index (κ2) is 5.81. The normalized spacial score (nSPS) is 10.4. The lowest BCUT2D eigenvalue weighted by Gasteiger charge is -2.07. The molecule has 0 bridgehead atoms. The van der Waals surface area contributed by atoms with Crippen LogP contribution in [-0.4, -0.2) is 35.1 Å². The van der Waals surface area contributed by atoms with Gasteiger partial charge in [0.05, 0.1) is 17.9 Å². The van der Waals surface area contributed by atoms with Crippen LogP contribution in [0.1, 0.15) is 17.7 Å². The van der Waals surface area contributed by atoms with Crippen LogP contribution in [-0.2, 0) is 11.8 Å². The van der Waals surface area contributed by atoms with Gasteiger partial charge in [0, 0.05) is 27.2 Å². The molecule has 5 nitrogen and oxygen atoms in total. The van der Waals surface area contributed by atoms with Gasteiger partial charge in [-0.25, -0.2) is 4.68 Å². The molecule has 0 saturated carbocycles. The summed E-state index contributed by atoms with van der Waals surface area (Å²) in [4.78, 5) is 0.312. The lowest BCUT2D eigenvalue weighted by Crippen LogP contribution is -2.13. The molecule has 0 radical (unpaired) electrons. The van der Waals surface area contributed by atoms with E-state index in [1.54, 1.807) is 18.8 Å². The Morgan fingerprint density at radius 2 is 2.19 bits per heavy atom. The maximum Gasteiger partial charge on any atom is 0.222 e. The third-order valence-electron chi connectivity index (χ3n) is 2.15. The third kappa shape index (κ3) is 2.93. The van der Waals surface area contributed by atoms with E-state index in [1.165, 1.54) is 0 Å². The molecule has 0 saturated heterocycles. The number of methoxy groups -OCH3 is 1. The Morgan fingerprint density at radius 1 is 1.50 bits per heavy atom. The monoisotopic (exact) mass is 243 g/mol. The molecule has 1 aromatic heterocycles. The molecule has 0 aromatic carbocycles. The highest BCUT2D eigenvalue weighted by atomic mass is 32.1. The Balaban J connectivity index is 2.74. The van der Waals surface area contributed by atoms with Gasteiger partial charge in [0.2, 0.25) is 5.88 Å². The van der Waals surface area contributed by atoms with Gasteiger partial charge < -0.3 is 15.2 Å². The number of hydrogen-bond donors (Lipinski definition) is 1. The second-order valence-electron chi connectivity index (χ2n) is 3.45. The van der Waals surface area contributed by atoms with Gasteiger partial charge in [-0.3, -0.25) is 0 Å². The topological polar surface area (TPSA) is 62.3 Å². The molecule has 0 aliphatic rings. The smallest absolute Gasteiger partial charge is 0.222 e. The summed E-state index contributed by atoms with van der Waals surface area (Å²) in [6, 6.07) is 0. The zero-order valence-electron chi connectivity index (χ0n) is 9.82. The summed E-state index contributed by atoms with van der Waals surface area (Å²) >= 11 is 4.97. The van der Waals surface area contributed by atoms with E-state index in [0.29, 0.717) is 24.1 Å². The van der Waals surface area contributed by atoms with E-state index in [2.05, 4.69) is 5.10 Å². The van der Waals surface area contributed by atoms with Crippen molar-refractivity contribution >= 4 is 17.2 Å². The highest BCUT2D eigenvalue weighted by Crippen LogP contribution is 2.21. The van der Waals surface area contributed by atoms with Crippen LogP contribution in [0.3, 0.4) is 0 Å². The zero-order chi connectivity index (χ0) is 12.1. The van der Waals surface area contributed by atoms with Crippen molar-refractivity contribution in [2.75, 3.05) is 20.3 Å². The van der Waals surface area contributed by atoms with E-state index < -0.39 is 0 Å². The van der Waals surface area contributed by atoms with E-state index >= 15 is 0 Å². The molecule has 0 unspecified atom stereocenters. The second-order valence-corrected chi connectivity index (χ2v) is 3.89. The minimum Gasteiger partial charge on any atom is -0.477 e. The summed E-state index contributed by atoms with van der Waals surface area (Å²) in [7, 11) is 3.47. The Kier molecular flexibility index (Phi) is 4.70. The Hall–Kier alpha value is -1.14. The lowest BCUT2D eigenvalue weighted by molar-refractivity contribution is 0.168. The molecule has 90 valence electrons. The summed E-state index contributed by atoms with van der Waals surface area (Å²) in [5.74, 6) is 0.626. The van der Waals surface area contributed by atoms with Crippen molar-refractivity contribution in [2.24, 2.45) is 12.8 Å². The Morgan fingerprint density at radius 3 is 2.75 bits per heavy atom. The van der Waals surface area contributed by atoms with Crippen molar-refractivity contribution in [3.8, 4) is 5.88 Å². The third-order valence-corrected chi connectivity index (χ3v) is 2.35. The minimum absolute atomic E-state index is 0.312. The first-order valence-electron chi connectivity index (χ1n) is 5.03. The summed E-state index contributed by atoms with van der Waals surface area (Å²) < 4.78 is 12.2. The van der Waals surface area contributed by atoms with E-state index in [0.717, 1.165) is 17.7 Å². The van der Waals surface area contributed by atoms with Crippen molar-refractivity contribution < 1.29 is 9.47 Å². The fourth-order valence-electron chi connectivity index (χ4n) is 1.46. The van der Waals surface area contributed by atoms with Gasteiger partial charge in [0.1, 0.15) is 4.99 Å². The molecule has 1 aromatic rings. The number of aromatic nitrogens is 2. The van der Waals surface area contributed by atoms with Gasteiger partial charge in [-0.1, -0.05) is 12.2 Å². The van der Waals surface area contributed by atoms with Crippen LogP contribution in [0, 0.1) is 6.92 Å². The van der Waals surface area contributed by atoms with Gasteiger partial charge in [-0.05, 0) is 6.92 Å². The van der Waals surface area contributed by atoms with Crippen LogP contribution in [0.5, 0.6) is 5.88 Å². The van der Waals surface area contributed by atoms with Crippen molar-refractivity contribution in [3.63, 3.8) is 0 Å². The predicted molar refractivity (Wildman–Crippen MR) is 65.8 cm³/mol. The molecule has 0 aliphatic heterocycles. The lowest BCUT2D eigenvalue weighted by atomic mass is 10.2. The van der Waals surface area contributed by atoms with Crippen LogP contribution in [0.4, 0.5) is 0 Å². The number of thiocarbonyl (C=S) groups is 1. The van der Waals surface area contributed by atoms with Crippen LogP contribution in [0.25, 0.3) is 0 Å². The molecule has 6 heteroatoms. The average Bonchev–Trinajstić information content (AvgIpc) is 2.48. The van der Waals surface area contributed by atoms with Crippen LogP contribution in [0.2, 0.25) is 0 Å². The Bertz CT molecular complexity index is 376. The number of nitrogens with zero attached hydrogens (tertiary/aromatic N) is 2. The van der Waals surface area contributed by atoms with Crippen LogP contribution >= 0.6 is 12.2 Å². The van der Waals surface area contributed by atoms with Crippen molar-refractivity contribution in [2.45, 2.75) is 13.3 Å².